The van der Waals surface area contributed by atoms with Gasteiger partial charge in [0.1, 0.15) is 0 Å². The Hall–Kier alpha value is -2.69. The lowest BCUT2D eigenvalue weighted by atomic mass is 10.3. The Morgan fingerprint density at radius 3 is 2.53 bits per heavy atom. The summed E-state index contributed by atoms with van der Waals surface area (Å²) in [5, 5.41) is 3.14. The van der Waals surface area contributed by atoms with Gasteiger partial charge in [0.2, 0.25) is 0 Å². The number of para-hydroxylation sites is 2. The lowest BCUT2D eigenvalue weighted by Crippen LogP contribution is -2.02. The number of benzene rings is 1. The molecule has 0 amide bonds. The highest BCUT2D eigenvalue weighted by atomic mass is 15.1. The number of aryl methyl sites for hydroxylation is 1. The van der Waals surface area contributed by atoms with Gasteiger partial charge in [0.25, 0.3) is 0 Å². The maximum atomic E-state index is 5.92. The Kier molecular flexibility index (Phi) is 2.72. The van der Waals surface area contributed by atoms with Crippen LogP contribution in [0.5, 0.6) is 0 Å². The van der Waals surface area contributed by atoms with Crippen molar-refractivity contribution in [1.29, 1.82) is 0 Å². The molecule has 5 heteroatoms. The molecular formula is C14H13N5. The molecule has 0 bridgehead atoms. The van der Waals surface area contributed by atoms with Crippen LogP contribution in [-0.2, 0) is 0 Å². The molecule has 5 nitrogen and oxygen atoms in total. The molecule has 0 aliphatic carbocycles. The first kappa shape index (κ1) is 11.4. The van der Waals surface area contributed by atoms with Gasteiger partial charge in [0.05, 0.1) is 22.9 Å². The van der Waals surface area contributed by atoms with E-state index in [1.165, 1.54) is 0 Å². The zero-order valence-electron chi connectivity index (χ0n) is 10.5. The molecule has 0 radical (unpaired) electrons. The first-order valence-electron chi connectivity index (χ1n) is 5.93. The second-order valence-electron chi connectivity index (χ2n) is 4.32. The van der Waals surface area contributed by atoms with E-state index in [0.717, 1.165) is 22.3 Å². The fourth-order valence-electron chi connectivity index (χ4n) is 1.87. The number of nitrogens with one attached hydrogen (secondary N) is 1. The molecule has 19 heavy (non-hydrogen) atoms. The van der Waals surface area contributed by atoms with Gasteiger partial charge in [-0.15, -0.1) is 0 Å². The molecule has 0 saturated heterocycles. The summed E-state index contributed by atoms with van der Waals surface area (Å²) in [6, 6.07) is 9.60. The van der Waals surface area contributed by atoms with Crippen LogP contribution < -0.4 is 11.1 Å². The molecule has 3 rings (SSSR count). The molecule has 3 aromatic rings. The van der Waals surface area contributed by atoms with Crippen LogP contribution in [0, 0.1) is 6.92 Å². The molecule has 94 valence electrons. The first-order valence-corrected chi connectivity index (χ1v) is 5.93. The fraction of sp³-hybridized carbons (Fsp3) is 0.0714. The summed E-state index contributed by atoms with van der Waals surface area (Å²) in [6.07, 6.45) is 3.52. The van der Waals surface area contributed by atoms with Gasteiger partial charge in [-0.05, 0) is 30.7 Å². The van der Waals surface area contributed by atoms with Gasteiger partial charge < -0.3 is 11.1 Å². The van der Waals surface area contributed by atoms with Crippen molar-refractivity contribution >= 4 is 28.4 Å². The molecule has 2 heterocycles. The van der Waals surface area contributed by atoms with Crippen LogP contribution in [-0.4, -0.2) is 15.0 Å². The molecule has 0 fully saturated rings. The third-order valence-electron chi connectivity index (χ3n) is 2.74. The van der Waals surface area contributed by atoms with Gasteiger partial charge >= 0.3 is 0 Å². The Balaban J connectivity index is 2.03. The topological polar surface area (TPSA) is 76.7 Å². The number of nitrogens with zero attached hydrogens (tertiary/aromatic N) is 3. The second kappa shape index (κ2) is 4.53. The SMILES string of the molecule is Cc1cncc(Nc2nc3ccccc3nc2N)c1. The maximum absolute atomic E-state index is 5.92. The molecule has 3 N–H and O–H groups in total. The largest absolute Gasteiger partial charge is 0.381 e. The van der Waals surface area contributed by atoms with Crippen LogP contribution in [0.1, 0.15) is 5.56 Å². The summed E-state index contributed by atoms with van der Waals surface area (Å²) in [7, 11) is 0. The van der Waals surface area contributed by atoms with Crippen LogP contribution in [0.2, 0.25) is 0 Å². The van der Waals surface area contributed by atoms with Crippen molar-refractivity contribution in [2.24, 2.45) is 0 Å². The Labute approximate surface area is 110 Å². The highest BCUT2D eigenvalue weighted by Crippen LogP contribution is 2.22. The normalized spacial score (nSPS) is 10.6. The van der Waals surface area contributed by atoms with Gasteiger partial charge in [-0.2, -0.15) is 0 Å². The Morgan fingerprint density at radius 2 is 1.79 bits per heavy atom. The quantitative estimate of drug-likeness (QED) is 0.732. The summed E-state index contributed by atoms with van der Waals surface area (Å²) in [4.78, 5) is 12.9. The molecule has 1 aromatic carbocycles. The Morgan fingerprint density at radius 1 is 1.05 bits per heavy atom. The lowest BCUT2D eigenvalue weighted by molar-refractivity contribution is 1.24. The minimum absolute atomic E-state index is 0.375. The number of rotatable bonds is 2. The van der Waals surface area contributed by atoms with Crippen LogP contribution >= 0.6 is 0 Å². The van der Waals surface area contributed by atoms with Gasteiger partial charge in [-0.3, -0.25) is 4.98 Å². The van der Waals surface area contributed by atoms with E-state index in [4.69, 9.17) is 5.73 Å². The molecule has 0 saturated carbocycles. The van der Waals surface area contributed by atoms with E-state index in [1.807, 2.05) is 37.3 Å². The first-order chi connectivity index (χ1) is 9.22. The molecule has 0 unspecified atom stereocenters. The third-order valence-corrected chi connectivity index (χ3v) is 2.74. The van der Waals surface area contributed by atoms with Gasteiger partial charge in [0.15, 0.2) is 11.6 Å². The summed E-state index contributed by atoms with van der Waals surface area (Å²) < 4.78 is 0. The number of nitrogens with two attached hydrogens (primary N) is 1. The van der Waals surface area contributed by atoms with Crippen molar-refractivity contribution in [3.8, 4) is 0 Å². The number of nitrogen functional groups attached to an aromatic ring is 1. The second-order valence-corrected chi connectivity index (χ2v) is 4.32. The fourth-order valence-corrected chi connectivity index (χ4v) is 1.87. The van der Waals surface area contributed by atoms with Crippen LogP contribution in [0.3, 0.4) is 0 Å². The summed E-state index contributed by atoms with van der Waals surface area (Å²) in [5.74, 6) is 0.923. The zero-order chi connectivity index (χ0) is 13.2. The average molecular weight is 251 g/mol. The van der Waals surface area contributed by atoms with E-state index < -0.39 is 0 Å². The van der Waals surface area contributed by atoms with Crippen molar-refractivity contribution < 1.29 is 0 Å². The number of hydrogen-bond acceptors (Lipinski definition) is 5. The summed E-state index contributed by atoms with van der Waals surface area (Å²) in [5.41, 5.74) is 9.42. The van der Waals surface area contributed by atoms with E-state index >= 15 is 0 Å². The maximum Gasteiger partial charge on any atom is 0.174 e. The van der Waals surface area contributed by atoms with Gasteiger partial charge in [-0.25, -0.2) is 9.97 Å². The van der Waals surface area contributed by atoms with E-state index in [1.54, 1.807) is 12.4 Å². The molecule has 2 aromatic heterocycles. The minimum atomic E-state index is 0.375. The standard InChI is InChI=1S/C14H13N5/c1-9-6-10(8-16-7-9)17-14-13(15)18-11-4-2-3-5-12(11)19-14/h2-8H,1H3,(H2,15,18)(H,17,19). The van der Waals surface area contributed by atoms with E-state index in [0.29, 0.717) is 11.6 Å². The van der Waals surface area contributed by atoms with E-state index in [9.17, 15) is 0 Å². The minimum Gasteiger partial charge on any atom is -0.381 e. The molecule has 0 aliphatic rings. The van der Waals surface area contributed by atoms with Gasteiger partial charge in [-0.1, -0.05) is 12.1 Å². The van der Waals surface area contributed by atoms with Crippen molar-refractivity contribution in [2.75, 3.05) is 11.1 Å². The van der Waals surface area contributed by atoms with Crippen molar-refractivity contribution in [1.82, 2.24) is 15.0 Å². The van der Waals surface area contributed by atoms with Crippen LogP contribution in [0.15, 0.2) is 42.7 Å². The number of hydrogen-bond donors (Lipinski definition) is 2. The van der Waals surface area contributed by atoms with E-state index in [-0.39, 0.29) is 0 Å². The number of aromatic nitrogens is 3. The van der Waals surface area contributed by atoms with Crippen molar-refractivity contribution in [3.63, 3.8) is 0 Å². The summed E-state index contributed by atoms with van der Waals surface area (Å²) in [6.45, 7) is 1.98. The number of pyridine rings is 1. The molecular weight excluding hydrogens is 238 g/mol. The molecule has 0 aliphatic heterocycles. The smallest absolute Gasteiger partial charge is 0.174 e. The zero-order valence-corrected chi connectivity index (χ0v) is 10.5. The summed E-state index contributed by atoms with van der Waals surface area (Å²) >= 11 is 0. The van der Waals surface area contributed by atoms with E-state index in [2.05, 4.69) is 20.3 Å². The molecule has 0 spiro atoms. The third kappa shape index (κ3) is 2.30. The van der Waals surface area contributed by atoms with Crippen LogP contribution in [0.4, 0.5) is 17.3 Å². The predicted molar refractivity (Wildman–Crippen MR) is 76.2 cm³/mol. The molecule has 0 atom stereocenters. The van der Waals surface area contributed by atoms with Gasteiger partial charge in [0, 0.05) is 6.20 Å². The Bertz CT molecular complexity index is 739. The van der Waals surface area contributed by atoms with Crippen LogP contribution in [0.25, 0.3) is 11.0 Å². The number of anilines is 3. The monoisotopic (exact) mass is 251 g/mol. The predicted octanol–water partition coefficient (Wildman–Crippen LogP) is 2.66. The highest BCUT2D eigenvalue weighted by Gasteiger charge is 2.06. The highest BCUT2D eigenvalue weighted by molar-refractivity contribution is 5.80. The number of fused-ring (bicyclic) bond motifs is 1. The van der Waals surface area contributed by atoms with Crippen molar-refractivity contribution in [3.05, 3.63) is 48.3 Å². The van der Waals surface area contributed by atoms with Crippen molar-refractivity contribution in [2.45, 2.75) is 6.92 Å². The average Bonchev–Trinajstić information content (AvgIpc) is 2.40. The lowest BCUT2D eigenvalue weighted by Gasteiger charge is -2.09.